The zero-order chi connectivity index (χ0) is 10.6. The smallest absolute Gasteiger partial charge is 0.155 e. The van der Waals surface area contributed by atoms with Crippen LogP contribution in [0, 0.1) is 0 Å². The molecule has 0 radical (unpaired) electrons. The summed E-state index contributed by atoms with van der Waals surface area (Å²) in [5.74, 6) is 0. The van der Waals surface area contributed by atoms with Crippen LogP contribution < -0.4 is 5.73 Å². The lowest BCUT2D eigenvalue weighted by atomic mass is 10.3. The van der Waals surface area contributed by atoms with Gasteiger partial charge in [0.15, 0.2) is 6.17 Å². The van der Waals surface area contributed by atoms with Gasteiger partial charge in [-0.2, -0.15) is 5.10 Å². The summed E-state index contributed by atoms with van der Waals surface area (Å²) >= 11 is 3.23. The molecule has 0 bridgehead atoms. The molecule has 0 aliphatic carbocycles. The third-order valence-corrected chi connectivity index (χ3v) is 2.46. The fraction of sp³-hybridized carbons (Fsp3) is 0.625. The molecule has 0 aromatic carbocycles. The molecule has 4 nitrogen and oxygen atoms in total. The van der Waals surface area contributed by atoms with E-state index in [1.165, 1.54) is 0 Å². The van der Waals surface area contributed by atoms with Crippen LogP contribution in [0.25, 0.3) is 0 Å². The van der Waals surface area contributed by atoms with E-state index in [1.807, 2.05) is 0 Å². The van der Waals surface area contributed by atoms with Crippen LogP contribution in [0.2, 0.25) is 0 Å². The number of rotatable bonds is 5. The first-order valence-electron chi connectivity index (χ1n) is 4.25. The minimum absolute atomic E-state index is 0.0444. The maximum atomic E-state index is 13.4. The molecule has 0 saturated carbocycles. The largest absolute Gasteiger partial charge is 0.383 e. The Morgan fingerprint density at radius 3 is 3.07 bits per heavy atom. The van der Waals surface area contributed by atoms with Gasteiger partial charge < -0.3 is 10.5 Å². The van der Waals surface area contributed by atoms with Crippen molar-refractivity contribution in [3.05, 3.63) is 16.4 Å². The monoisotopic (exact) mass is 265 g/mol. The predicted molar refractivity (Wildman–Crippen MR) is 54.7 cm³/mol. The summed E-state index contributed by atoms with van der Waals surface area (Å²) < 4.78 is 20.5. The van der Waals surface area contributed by atoms with E-state index in [0.717, 1.165) is 0 Å². The molecule has 1 rings (SSSR count). The molecule has 0 fully saturated rings. The van der Waals surface area contributed by atoms with Gasteiger partial charge in [0.2, 0.25) is 0 Å². The highest BCUT2D eigenvalue weighted by atomic mass is 79.9. The predicted octanol–water partition coefficient (Wildman–Crippen LogP) is 1.26. The molecule has 6 heteroatoms. The third-order valence-electron chi connectivity index (χ3n) is 1.84. The number of nitrogens with two attached hydrogens (primary N) is 1. The van der Waals surface area contributed by atoms with Gasteiger partial charge in [-0.3, -0.25) is 4.68 Å². The van der Waals surface area contributed by atoms with E-state index >= 15 is 0 Å². The average molecular weight is 266 g/mol. The lowest BCUT2D eigenvalue weighted by molar-refractivity contribution is 0.179. The highest BCUT2D eigenvalue weighted by molar-refractivity contribution is 9.10. The molecule has 80 valence electrons. The fourth-order valence-electron chi connectivity index (χ4n) is 1.15. The first-order chi connectivity index (χ1) is 6.70. The minimum Gasteiger partial charge on any atom is -0.383 e. The number of halogens is 2. The summed E-state index contributed by atoms with van der Waals surface area (Å²) in [5.41, 5.74) is 5.74. The Kier molecular flexibility index (Phi) is 4.50. The maximum absolute atomic E-state index is 13.4. The number of nitrogens with zero attached hydrogens (tertiary/aromatic N) is 2. The van der Waals surface area contributed by atoms with Crippen molar-refractivity contribution >= 4 is 15.9 Å². The van der Waals surface area contributed by atoms with E-state index in [1.54, 1.807) is 18.0 Å². The normalized spacial score (nSPS) is 13.1. The Hall–Kier alpha value is -0.460. The Labute approximate surface area is 90.3 Å². The molecule has 14 heavy (non-hydrogen) atoms. The van der Waals surface area contributed by atoms with Crippen molar-refractivity contribution in [1.82, 2.24) is 9.78 Å². The molecule has 0 amide bonds. The van der Waals surface area contributed by atoms with Crippen molar-refractivity contribution in [3.63, 3.8) is 0 Å². The molecule has 1 unspecified atom stereocenters. The van der Waals surface area contributed by atoms with Crippen LogP contribution in [0.3, 0.4) is 0 Å². The van der Waals surface area contributed by atoms with Crippen LogP contribution in [-0.4, -0.2) is 30.0 Å². The number of ether oxygens (including phenoxy) is 1. The van der Waals surface area contributed by atoms with Crippen molar-refractivity contribution in [2.24, 2.45) is 5.73 Å². The van der Waals surface area contributed by atoms with Gasteiger partial charge in [-0.25, -0.2) is 4.39 Å². The van der Waals surface area contributed by atoms with Crippen LogP contribution in [-0.2, 0) is 11.3 Å². The summed E-state index contributed by atoms with van der Waals surface area (Å²) in [6.45, 7) is 0.980. The zero-order valence-corrected chi connectivity index (χ0v) is 9.50. The molecule has 0 saturated heterocycles. The molecular formula is C8H13BrFN3O. The summed E-state index contributed by atoms with van der Waals surface area (Å²) in [4.78, 5) is 0. The Morgan fingerprint density at radius 2 is 2.50 bits per heavy atom. The molecule has 1 aromatic rings. The van der Waals surface area contributed by atoms with Gasteiger partial charge in [-0.05, 0) is 15.9 Å². The van der Waals surface area contributed by atoms with E-state index in [9.17, 15) is 4.39 Å². The van der Waals surface area contributed by atoms with E-state index < -0.39 is 6.17 Å². The van der Waals surface area contributed by atoms with Crippen molar-refractivity contribution in [2.45, 2.75) is 12.7 Å². The molecule has 1 heterocycles. The molecule has 0 spiro atoms. The van der Waals surface area contributed by atoms with Crippen molar-refractivity contribution in [2.75, 3.05) is 20.3 Å². The first kappa shape index (κ1) is 11.6. The SMILES string of the molecule is COCCn1ncc(Br)c1C(F)CN. The lowest BCUT2D eigenvalue weighted by Gasteiger charge is -2.09. The van der Waals surface area contributed by atoms with Gasteiger partial charge in [-0.1, -0.05) is 0 Å². The number of hydrogen-bond acceptors (Lipinski definition) is 3. The van der Waals surface area contributed by atoms with Crippen LogP contribution in [0.1, 0.15) is 11.9 Å². The summed E-state index contributed by atoms with van der Waals surface area (Å²) in [6.07, 6.45) is 0.372. The number of alkyl halides is 1. The highest BCUT2D eigenvalue weighted by Crippen LogP contribution is 2.25. The Morgan fingerprint density at radius 1 is 1.79 bits per heavy atom. The van der Waals surface area contributed by atoms with Crippen molar-refractivity contribution in [1.29, 1.82) is 0 Å². The van der Waals surface area contributed by atoms with E-state index in [-0.39, 0.29) is 6.54 Å². The van der Waals surface area contributed by atoms with Gasteiger partial charge >= 0.3 is 0 Å². The topological polar surface area (TPSA) is 53.1 Å². The Balaban J connectivity index is 2.82. The second-order valence-corrected chi connectivity index (χ2v) is 3.65. The van der Waals surface area contributed by atoms with Gasteiger partial charge in [-0.15, -0.1) is 0 Å². The third kappa shape index (κ3) is 2.52. The van der Waals surface area contributed by atoms with Crippen LogP contribution in [0.5, 0.6) is 0 Å². The van der Waals surface area contributed by atoms with Crippen LogP contribution >= 0.6 is 15.9 Å². The summed E-state index contributed by atoms with van der Waals surface area (Å²) in [6, 6.07) is 0. The zero-order valence-electron chi connectivity index (χ0n) is 7.91. The molecule has 2 N–H and O–H groups in total. The summed E-state index contributed by atoms with van der Waals surface area (Å²) in [7, 11) is 1.59. The fourth-order valence-corrected chi connectivity index (χ4v) is 1.70. The molecule has 0 aliphatic heterocycles. The van der Waals surface area contributed by atoms with E-state index in [2.05, 4.69) is 21.0 Å². The first-order valence-corrected chi connectivity index (χ1v) is 5.04. The van der Waals surface area contributed by atoms with Crippen molar-refractivity contribution < 1.29 is 9.13 Å². The number of methoxy groups -OCH3 is 1. The second kappa shape index (κ2) is 5.43. The minimum atomic E-state index is -1.19. The van der Waals surface area contributed by atoms with Gasteiger partial charge in [0.25, 0.3) is 0 Å². The molecule has 0 aliphatic rings. The van der Waals surface area contributed by atoms with Gasteiger partial charge in [0.05, 0.1) is 29.5 Å². The lowest BCUT2D eigenvalue weighted by Crippen LogP contribution is -2.16. The molecular weight excluding hydrogens is 253 g/mol. The average Bonchev–Trinajstić information content (AvgIpc) is 2.55. The van der Waals surface area contributed by atoms with E-state index in [0.29, 0.717) is 23.3 Å². The quantitative estimate of drug-likeness (QED) is 0.872. The van der Waals surface area contributed by atoms with Crippen LogP contribution in [0.4, 0.5) is 4.39 Å². The van der Waals surface area contributed by atoms with E-state index in [4.69, 9.17) is 10.5 Å². The highest BCUT2D eigenvalue weighted by Gasteiger charge is 2.17. The standard InChI is InChI=1S/C8H13BrFN3O/c1-14-3-2-13-8(7(10)4-11)6(9)5-12-13/h5,7H,2-4,11H2,1H3. The van der Waals surface area contributed by atoms with Crippen LogP contribution in [0.15, 0.2) is 10.7 Å². The van der Waals surface area contributed by atoms with Crippen molar-refractivity contribution in [3.8, 4) is 0 Å². The number of aromatic nitrogens is 2. The molecule has 1 atom stereocenters. The number of hydrogen-bond donors (Lipinski definition) is 1. The molecule has 1 aromatic heterocycles. The Bertz CT molecular complexity index is 292. The van der Waals surface area contributed by atoms with Gasteiger partial charge in [0.1, 0.15) is 0 Å². The van der Waals surface area contributed by atoms with Gasteiger partial charge in [0, 0.05) is 13.7 Å². The maximum Gasteiger partial charge on any atom is 0.155 e. The summed E-state index contributed by atoms with van der Waals surface area (Å²) in [5, 5.41) is 4.02. The second-order valence-electron chi connectivity index (χ2n) is 2.80.